The van der Waals surface area contributed by atoms with Gasteiger partial charge in [0.25, 0.3) is 0 Å². The molecule has 0 fully saturated rings. The summed E-state index contributed by atoms with van der Waals surface area (Å²) in [6.07, 6.45) is 3.13. The van der Waals surface area contributed by atoms with E-state index in [2.05, 4.69) is 5.16 Å². The molecule has 0 spiro atoms. The van der Waals surface area contributed by atoms with Gasteiger partial charge in [0.15, 0.2) is 0 Å². The quantitative estimate of drug-likeness (QED) is 0.817. The summed E-state index contributed by atoms with van der Waals surface area (Å²) in [5.41, 5.74) is 2.06. The Hall–Kier alpha value is -1.95. The summed E-state index contributed by atoms with van der Waals surface area (Å²) >= 11 is 0. The molecule has 0 bridgehead atoms. The summed E-state index contributed by atoms with van der Waals surface area (Å²) in [6.45, 7) is 4.08. The van der Waals surface area contributed by atoms with Crippen LogP contribution in [0.4, 0.5) is 4.39 Å². The highest BCUT2D eigenvalue weighted by Gasteiger charge is 2.23. The number of aliphatic carboxylic acids is 1. The number of aromatic nitrogens is 1. The fourth-order valence-corrected chi connectivity index (χ4v) is 2.28. The van der Waals surface area contributed by atoms with Gasteiger partial charge in [-0.2, -0.15) is 0 Å². The minimum Gasteiger partial charge on any atom is -0.478 e. The zero-order valence-electron chi connectivity index (χ0n) is 12.1. The molecule has 6 heteroatoms. The molecule has 1 atom stereocenters. The van der Waals surface area contributed by atoms with Gasteiger partial charge in [-0.3, -0.25) is 0 Å². The van der Waals surface area contributed by atoms with Gasteiger partial charge in [0, 0.05) is 24.2 Å². The molecule has 1 aromatic heterocycles. The van der Waals surface area contributed by atoms with Gasteiger partial charge in [0.05, 0.1) is 5.69 Å². The third-order valence-electron chi connectivity index (χ3n) is 3.50. The first kappa shape index (κ1) is 15.4. The fourth-order valence-electron chi connectivity index (χ4n) is 2.28. The van der Waals surface area contributed by atoms with Gasteiger partial charge in [0.1, 0.15) is 17.7 Å². The second kappa shape index (κ2) is 6.67. The van der Waals surface area contributed by atoms with Crippen molar-refractivity contribution in [3.63, 3.8) is 0 Å². The average molecular weight is 295 g/mol. The van der Waals surface area contributed by atoms with Crippen molar-refractivity contribution in [3.8, 4) is 0 Å². The Labute approximate surface area is 122 Å². The molecule has 1 aliphatic carbocycles. The highest BCUT2D eigenvalue weighted by Crippen LogP contribution is 2.23. The molecule has 21 heavy (non-hydrogen) atoms. The van der Waals surface area contributed by atoms with E-state index in [0.29, 0.717) is 13.0 Å². The second-order valence-electron chi connectivity index (χ2n) is 5.02. The molecule has 1 aliphatic rings. The number of allylic oxidation sites excluding steroid dienone is 2. The largest absolute Gasteiger partial charge is 0.478 e. The number of hydrogen-bond acceptors (Lipinski definition) is 4. The molecule has 0 saturated heterocycles. The van der Waals surface area contributed by atoms with Crippen LogP contribution in [0.2, 0.25) is 0 Å². The van der Waals surface area contributed by atoms with Crippen LogP contribution >= 0.6 is 0 Å². The molecule has 0 amide bonds. The maximum Gasteiger partial charge on any atom is 0.331 e. The van der Waals surface area contributed by atoms with E-state index in [9.17, 15) is 9.18 Å². The van der Waals surface area contributed by atoms with E-state index in [4.69, 9.17) is 14.4 Å². The van der Waals surface area contributed by atoms with Gasteiger partial charge >= 0.3 is 5.97 Å². The second-order valence-corrected chi connectivity index (χ2v) is 5.02. The standard InChI is InChI=1S/C15H18FNO4/c1-9-12(10(2)21-17-9)4-3-7-20-14-8-11(15(18)19)5-6-13(14)16/h5-6,14H,3-4,7-8H2,1-2H3,(H,18,19). The van der Waals surface area contributed by atoms with Crippen molar-refractivity contribution >= 4 is 5.97 Å². The van der Waals surface area contributed by atoms with E-state index in [1.165, 1.54) is 6.08 Å². The Morgan fingerprint density at radius 1 is 1.52 bits per heavy atom. The normalized spacial score (nSPS) is 18.3. The lowest BCUT2D eigenvalue weighted by atomic mass is 10.0. The van der Waals surface area contributed by atoms with Crippen LogP contribution in [0.15, 0.2) is 28.1 Å². The minimum absolute atomic E-state index is 0.0585. The lowest BCUT2D eigenvalue weighted by Crippen LogP contribution is -2.20. The number of ether oxygens (including phenoxy) is 1. The number of carboxylic acids is 1. The van der Waals surface area contributed by atoms with Gasteiger partial charge < -0.3 is 14.4 Å². The van der Waals surface area contributed by atoms with Crippen molar-refractivity contribution in [1.82, 2.24) is 5.16 Å². The summed E-state index contributed by atoms with van der Waals surface area (Å²) in [4.78, 5) is 10.9. The lowest BCUT2D eigenvalue weighted by molar-refractivity contribution is -0.133. The van der Waals surface area contributed by atoms with Crippen LogP contribution in [0.1, 0.15) is 29.9 Å². The number of rotatable bonds is 6. The van der Waals surface area contributed by atoms with Crippen molar-refractivity contribution in [2.45, 2.75) is 39.2 Å². The molecule has 2 rings (SSSR count). The Morgan fingerprint density at radius 2 is 2.29 bits per heavy atom. The van der Waals surface area contributed by atoms with Gasteiger partial charge in [-0.1, -0.05) is 5.16 Å². The van der Waals surface area contributed by atoms with Crippen molar-refractivity contribution in [1.29, 1.82) is 0 Å². The van der Waals surface area contributed by atoms with E-state index in [1.807, 2.05) is 13.8 Å². The summed E-state index contributed by atoms with van der Waals surface area (Å²) in [6, 6.07) is 0. The highest BCUT2D eigenvalue weighted by atomic mass is 19.1. The van der Waals surface area contributed by atoms with Crippen molar-refractivity contribution in [2.75, 3.05) is 6.61 Å². The van der Waals surface area contributed by atoms with Gasteiger partial charge in [-0.25, -0.2) is 9.18 Å². The molecular weight excluding hydrogens is 277 g/mol. The van der Waals surface area contributed by atoms with Crippen LogP contribution < -0.4 is 0 Å². The van der Waals surface area contributed by atoms with E-state index in [0.717, 1.165) is 29.5 Å². The van der Waals surface area contributed by atoms with Gasteiger partial charge in [0.2, 0.25) is 0 Å². The summed E-state index contributed by atoms with van der Waals surface area (Å²) < 4.78 is 24.1. The lowest BCUT2D eigenvalue weighted by Gasteiger charge is -2.19. The average Bonchev–Trinajstić information content (AvgIpc) is 2.76. The third-order valence-corrected chi connectivity index (χ3v) is 3.50. The number of halogens is 1. The molecule has 0 saturated carbocycles. The van der Waals surface area contributed by atoms with Crippen LogP contribution in [-0.4, -0.2) is 28.9 Å². The zero-order chi connectivity index (χ0) is 15.4. The fraction of sp³-hybridized carbons (Fsp3) is 0.467. The zero-order valence-corrected chi connectivity index (χ0v) is 12.1. The number of aryl methyl sites for hydroxylation is 2. The SMILES string of the molecule is Cc1noc(C)c1CCCOC1CC(C(=O)O)=CC=C1F. The topological polar surface area (TPSA) is 72.6 Å². The molecule has 0 radical (unpaired) electrons. The summed E-state index contributed by atoms with van der Waals surface area (Å²) in [7, 11) is 0. The molecule has 1 heterocycles. The molecular formula is C15H18FNO4. The summed E-state index contributed by atoms with van der Waals surface area (Å²) in [5.74, 6) is -0.687. The molecule has 0 aliphatic heterocycles. The highest BCUT2D eigenvalue weighted by molar-refractivity contribution is 5.87. The summed E-state index contributed by atoms with van der Waals surface area (Å²) in [5, 5.41) is 12.8. The van der Waals surface area contributed by atoms with Crippen LogP contribution in [0.25, 0.3) is 0 Å². The van der Waals surface area contributed by atoms with Gasteiger partial charge in [-0.15, -0.1) is 0 Å². The molecule has 1 N–H and O–H groups in total. The smallest absolute Gasteiger partial charge is 0.331 e. The van der Waals surface area contributed by atoms with Crippen molar-refractivity contribution in [3.05, 3.63) is 40.6 Å². The molecule has 1 unspecified atom stereocenters. The number of nitrogens with zero attached hydrogens (tertiary/aromatic N) is 1. The van der Waals surface area contributed by atoms with Crippen LogP contribution in [0.5, 0.6) is 0 Å². The molecule has 1 aromatic rings. The third kappa shape index (κ3) is 3.78. The number of carbonyl (C=O) groups is 1. The minimum atomic E-state index is -1.04. The van der Waals surface area contributed by atoms with Crippen LogP contribution in [0.3, 0.4) is 0 Å². The van der Waals surface area contributed by atoms with E-state index in [1.54, 1.807) is 0 Å². The Kier molecular flexibility index (Phi) is 4.90. The van der Waals surface area contributed by atoms with Crippen LogP contribution in [-0.2, 0) is 16.0 Å². The predicted octanol–water partition coefficient (Wildman–Crippen LogP) is 2.88. The molecule has 114 valence electrons. The first-order valence-corrected chi connectivity index (χ1v) is 6.82. The van der Waals surface area contributed by atoms with Crippen molar-refractivity contribution < 1.29 is 23.6 Å². The maximum absolute atomic E-state index is 13.6. The Bertz CT molecular complexity index is 569. The van der Waals surface area contributed by atoms with Crippen molar-refractivity contribution in [2.24, 2.45) is 0 Å². The first-order valence-electron chi connectivity index (χ1n) is 6.82. The van der Waals surface area contributed by atoms with E-state index in [-0.39, 0.29) is 12.0 Å². The van der Waals surface area contributed by atoms with E-state index < -0.39 is 17.9 Å². The monoisotopic (exact) mass is 295 g/mol. The predicted molar refractivity (Wildman–Crippen MR) is 73.6 cm³/mol. The first-order chi connectivity index (χ1) is 9.99. The number of hydrogen-bond donors (Lipinski definition) is 1. The van der Waals surface area contributed by atoms with E-state index >= 15 is 0 Å². The Balaban J connectivity index is 1.80. The van der Waals surface area contributed by atoms with Crippen LogP contribution in [0, 0.1) is 13.8 Å². The Morgan fingerprint density at radius 3 is 2.90 bits per heavy atom. The number of carboxylic acid groups (broad SMARTS) is 1. The maximum atomic E-state index is 13.6. The molecule has 5 nitrogen and oxygen atoms in total. The van der Waals surface area contributed by atoms with Gasteiger partial charge in [-0.05, 0) is 38.8 Å². The molecule has 0 aromatic carbocycles.